The summed E-state index contributed by atoms with van der Waals surface area (Å²) in [6.45, 7) is 9.35. The number of rotatable bonds is 5. The highest BCUT2D eigenvalue weighted by Crippen LogP contribution is 2.34. The second-order valence-electron chi connectivity index (χ2n) is 10.3. The van der Waals surface area contributed by atoms with Crippen molar-refractivity contribution < 1.29 is 22.0 Å². The first kappa shape index (κ1) is 29.0. The average molecular weight is 595 g/mol. The second-order valence-corrected chi connectivity index (χ2v) is 12.3. The first-order chi connectivity index (χ1) is 19.8. The van der Waals surface area contributed by atoms with Crippen LogP contribution in [0.15, 0.2) is 65.1 Å². The number of aryl methyl sites for hydroxylation is 1. The highest BCUT2D eigenvalue weighted by molar-refractivity contribution is 7.90. The molecule has 0 spiro atoms. The van der Waals surface area contributed by atoms with Gasteiger partial charge in [-0.05, 0) is 56.7 Å². The lowest BCUT2D eigenvalue weighted by molar-refractivity contribution is -0.128. The zero-order valence-electron chi connectivity index (χ0n) is 23.4. The van der Waals surface area contributed by atoms with E-state index in [1.807, 2.05) is 13.8 Å². The minimum Gasteiger partial charge on any atom is -0.349 e. The summed E-state index contributed by atoms with van der Waals surface area (Å²) in [6, 6.07) is 7.47. The molecular weight excluding hydrogens is 566 g/mol. The predicted molar refractivity (Wildman–Crippen MR) is 154 cm³/mol. The van der Waals surface area contributed by atoms with E-state index in [0.717, 1.165) is 23.0 Å². The minimum absolute atomic E-state index is 0.0875. The summed E-state index contributed by atoms with van der Waals surface area (Å²) in [5, 5.41) is -0.296. The standard InChI is InChI=1S/C29H28F2N6O4S/c1-6-23(38)35-14-18(4)36(15-17(35)3)26-20-13-22(31)24(19-9-7-8-10-21(19)30)33-27(20)37(29(39)34-26)25-16(2)11-12-32-28(25)42(5,40)41/h6-13,17-18H,1,14-15H2,2-5H3/t17-,18+/m1/s1. The Morgan fingerprint density at radius 3 is 2.45 bits per heavy atom. The Bertz CT molecular complexity index is 1930. The largest absolute Gasteiger partial charge is 0.355 e. The van der Waals surface area contributed by atoms with Gasteiger partial charge in [0.2, 0.25) is 5.91 Å². The quantitative estimate of drug-likeness (QED) is 0.323. The van der Waals surface area contributed by atoms with Gasteiger partial charge in [-0.2, -0.15) is 4.98 Å². The first-order valence-electron chi connectivity index (χ1n) is 13.1. The van der Waals surface area contributed by atoms with E-state index < -0.39 is 32.2 Å². The fraction of sp³-hybridized carbons (Fsp3) is 0.276. The van der Waals surface area contributed by atoms with E-state index in [0.29, 0.717) is 5.56 Å². The van der Waals surface area contributed by atoms with Gasteiger partial charge in [0, 0.05) is 43.2 Å². The van der Waals surface area contributed by atoms with Gasteiger partial charge in [-0.3, -0.25) is 4.79 Å². The number of pyridine rings is 2. The third kappa shape index (κ3) is 4.93. The van der Waals surface area contributed by atoms with Crippen molar-refractivity contribution in [2.75, 3.05) is 24.2 Å². The fourth-order valence-electron chi connectivity index (χ4n) is 5.28. The predicted octanol–water partition coefficient (Wildman–Crippen LogP) is 3.44. The van der Waals surface area contributed by atoms with Gasteiger partial charge in [0.05, 0.1) is 11.1 Å². The van der Waals surface area contributed by atoms with E-state index in [9.17, 15) is 22.4 Å². The summed E-state index contributed by atoms with van der Waals surface area (Å²) in [5.74, 6) is -1.74. The van der Waals surface area contributed by atoms with Crippen LogP contribution in [0.5, 0.6) is 0 Å². The van der Waals surface area contributed by atoms with Crippen LogP contribution in [0.3, 0.4) is 0 Å². The number of hydrogen-bond donors (Lipinski definition) is 0. The molecule has 1 aliphatic heterocycles. The molecule has 1 aliphatic rings. The van der Waals surface area contributed by atoms with Crippen molar-refractivity contribution in [3.05, 3.63) is 82.9 Å². The topological polar surface area (TPSA) is 118 Å². The summed E-state index contributed by atoms with van der Waals surface area (Å²) >= 11 is 0. The number of amides is 1. The van der Waals surface area contributed by atoms with Crippen LogP contribution in [0.25, 0.3) is 28.0 Å². The molecule has 0 unspecified atom stereocenters. The number of hydrogen-bond acceptors (Lipinski definition) is 8. The van der Waals surface area contributed by atoms with Crippen LogP contribution in [0.1, 0.15) is 19.4 Å². The van der Waals surface area contributed by atoms with Crippen LogP contribution in [-0.4, -0.2) is 70.2 Å². The Morgan fingerprint density at radius 2 is 1.79 bits per heavy atom. The van der Waals surface area contributed by atoms with Gasteiger partial charge in [0.15, 0.2) is 20.5 Å². The van der Waals surface area contributed by atoms with Crippen LogP contribution >= 0.6 is 0 Å². The van der Waals surface area contributed by atoms with Gasteiger partial charge in [-0.1, -0.05) is 18.7 Å². The van der Waals surface area contributed by atoms with E-state index in [1.165, 1.54) is 36.5 Å². The molecule has 0 bridgehead atoms. The average Bonchev–Trinajstić information content (AvgIpc) is 2.93. The van der Waals surface area contributed by atoms with E-state index in [2.05, 4.69) is 21.5 Å². The molecule has 1 aromatic carbocycles. The molecule has 13 heteroatoms. The number of halogens is 2. The van der Waals surface area contributed by atoms with Crippen molar-refractivity contribution in [1.82, 2.24) is 24.4 Å². The number of benzene rings is 1. The van der Waals surface area contributed by atoms with Gasteiger partial charge in [0.25, 0.3) is 0 Å². The molecule has 1 saturated heterocycles. The fourth-order valence-corrected chi connectivity index (χ4v) is 6.14. The van der Waals surface area contributed by atoms with Crippen LogP contribution in [0, 0.1) is 18.6 Å². The molecule has 1 amide bonds. The number of aromatic nitrogens is 4. The number of piperazine rings is 1. The van der Waals surface area contributed by atoms with Gasteiger partial charge < -0.3 is 9.80 Å². The van der Waals surface area contributed by atoms with Crippen molar-refractivity contribution in [3.63, 3.8) is 0 Å². The van der Waals surface area contributed by atoms with E-state index >= 15 is 4.39 Å². The molecule has 0 saturated carbocycles. The zero-order valence-corrected chi connectivity index (χ0v) is 24.2. The van der Waals surface area contributed by atoms with Crippen molar-refractivity contribution in [3.8, 4) is 16.9 Å². The molecule has 0 radical (unpaired) electrons. The molecule has 4 heterocycles. The molecule has 4 aromatic rings. The van der Waals surface area contributed by atoms with Crippen molar-refractivity contribution in [1.29, 1.82) is 0 Å². The maximum atomic E-state index is 15.8. The lowest BCUT2D eigenvalue weighted by atomic mass is 10.1. The highest BCUT2D eigenvalue weighted by Gasteiger charge is 2.34. The van der Waals surface area contributed by atoms with E-state index in [-0.39, 0.29) is 64.9 Å². The van der Waals surface area contributed by atoms with E-state index in [4.69, 9.17) is 0 Å². The molecular formula is C29H28F2N6O4S. The van der Waals surface area contributed by atoms with Gasteiger partial charge in [-0.15, -0.1) is 0 Å². The Labute approximate surface area is 240 Å². The summed E-state index contributed by atoms with van der Waals surface area (Å²) in [7, 11) is -3.95. The molecule has 0 aliphatic carbocycles. The highest BCUT2D eigenvalue weighted by atomic mass is 32.2. The normalized spacial score (nSPS) is 17.5. The maximum absolute atomic E-state index is 15.8. The van der Waals surface area contributed by atoms with Crippen LogP contribution in [-0.2, 0) is 14.6 Å². The Hall–Kier alpha value is -4.52. The number of fused-ring (bicyclic) bond motifs is 1. The lowest BCUT2D eigenvalue weighted by Gasteiger charge is -2.44. The molecule has 218 valence electrons. The second kappa shape index (κ2) is 10.7. The number of carbonyl (C=O) groups is 1. The Kier molecular flexibility index (Phi) is 7.39. The molecule has 42 heavy (non-hydrogen) atoms. The summed E-state index contributed by atoms with van der Waals surface area (Å²) in [5.41, 5.74) is -1.23. The molecule has 3 aromatic heterocycles. The smallest absolute Gasteiger partial charge is 0.349 e. The van der Waals surface area contributed by atoms with Gasteiger partial charge in [-0.25, -0.2) is 36.5 Å². The van der Waals surface area contributed by atoms with E-state index in [1.54, 1.807) is 16.7 Å². The molecule has 0 N–H and O–H groups in total. The van der Waals surface area contributed by atoms with Crippen LogP contribution in [0.4, 0.5) is 14.6 Å². The number of sulfone groups is 1. The lowest BCUT2D eigenvalue weighted by Crippen LogP contribution is -2.58. The van der Waals surface area contributed by atoms with Crippen molar-refractivity contribution >= 4 is 32.6 Å². The number of nitrogens with zero attached hydrogens (tertiary/aromatic N) is 6. The first-order valence-corrected chi connectivity index (χ1v) is 15.0. The summed E-state index contributed by atoms with van der Waals surface area (Å²) in [4.78, 5) is 42.4. The maximum Gasteiger partial charge on any atom is 0.355 e. The van der Waals surface area contributed by atoms with Crippen LogP contribution in [0.2, 0.25) is 0 Å². The third-order valence-corrected chi connectivity index (χ3v) is 8.31. The molecule has 1 fully saturated rings. The monoisotopic (exact) mass is 594 g/mol. The van der Waals surface area contributed by atoms with Crippen LogP contribution < -0.4 is 10.6 Å². The van der Waals surface area contributed by atoms with Crippen molar-refractivity contribution in [2.24, 2.45) is 0 Å². The van der Waals surface area contributed by atoms with Gasteiger partial charge >= 0.3 is 5.69 Å². The summed E-state index contributed by atoms with van der Waals surface area (Å²) in [6.07, 6.45) is 3.49. The third-order valence-electron chi connectivity index (χ3n) is 7.31. The SMILES string of the molecule is C=CC(=O)N1C[C@H](C)N(c2nc(=O)n(-c3c(C)ccnc3S(C)(=O)=O)c3nc(-c4ccccc4F)c(F)cc23)C[C@H]1C. The zero-order chi connectivity index (χ0) is 30.5. The molecule has 10 nitrogen and oxygen atoms in total. The summed E-state index contributed by atoms with van der Waals surface area (Å²) < 4.78 is 57.0. The number of anilines is 1. The Morgan fingerprint density at radius 1 is 1.07 bits per heavy atom. The molecule has 2 atom stereocenters. The number of carbonyl (C=O) groups excluding carboxylic acids is 1. The minimum atomic E-state index is -3.95. The van der Waals surface area contributed by atoms with Gasteiger partial charge in [0.1, 0.15) is 23.1 Å². The van der Waals surface area contributed by atoms with Crippen molar-refractivity contribution in [2.45, 2.75) is 37.9 Å². The Balaban J connectivity index is 1.85. The molecule has 5 rings (SSSR count).